The monoisotopic (exact) mass is 336 g/mol. The van der Waals surface area contributed by atoms with E-state index in [1.165, 1.54) is 62.5 Å². The van der Waals surface area contributed by atoms with Crippen LogP contribution >= 0.6 is 0 Å². The highest BCUT2D eigenvalue weighted by Gasteiger charge is 2.06. The molecule has 0 rings (SSSR count). The van der Waals surface area contributed by atoms with Gasteiger partial charge in [0.25, 0.3) is 0 Å². The maximum atomic E-state index is 10.7. The maximum Gasteiger partial charge on any atom is 0.303 e. The van der Waals surface area contributed by atoms with Gasteiger partial charge in [-0.25, -0.2) is 0 Å². The van der Waals surface area contributed by atoms with Crippen LogP contribution < -0.4 is 0 Å². The van der Waals surface area contributed by atoms with E-state index in [-0.39, 0.29) is 12.3 Å². The third-order valence-electron chi connectivity index (χ3n) is 4.46. The fraction of sp³-hybridized carbons (Fsp3) is 0.773. The van der Waals surface area contributed by atoms with Crippen molar-refractivity contribution >= 4 is 5.97 Å². The molecule has 0 bridgehead atoms. The highest BCUT2D eigenvalue weighted by atomic mass is 16.4. The van der Waals surface area contributed by atoms with Crippen LogP contribution in [0.25, 0.3) is 0 Å². The minimum Gasteiger partial charge on any atom is -0.481 e. The largest absolute Gasteiger partial charge is 0.481 e. The second-order valence-electron chi connectivity index (χ2n) is 7.67. The van der Waals surface area contributed by atoms with Crippen molar-refractivity contribution in [3.05, 3.63) is 23.3 Å². The summed E-state index contributed by atoms with van der Waals surface area (Å²) in [6, 6.07) is 0. The van der Waals surface area contributed by atoms with E-state index in [2.05, 4.69) is 39.8 Å². The Bertz CT molecular complexity index is 393. The lowest BCUT2D eigenvalue weighted by molar-refractivity contribution is -0.137. The molecule has 0 unspecified atom stereocenters. The lowest BCUT2D eigenvalue weighted by Gasteiger charge is -2.10. The van der Waals surface area contributed by atoms with E-state index in [9.17, 15) is 4.79 Å². The van der Waals surface area contributed by atoms with Gasteiger partial charge in [-0.1, -0.05) is 89.0 Å². The summed E-state index contributed by atoms with van der Waals surface area (Å²) in [5.74, 6) is 0.0347. The Morgan fingerprint density at radius 1 is 0.875 bits per heavy atom. The summed E-state index contributed by atoms with van der Waals surface area (Å²) in [6.45, 7) is 10.9. The zero-order chi connectivity index (χ0) is 18.4. The molecular formula is C22H40O2. The summed E-state index contributed by atoms with van der Waals surface area (Å²) in [5, 5.41) is 8.82. The molecule has 1 N–H and O–H groups in total. The van der Waals surface area contributed by atoms with E-state index in [1.54, 1.807) is 0 Å². The second kappa shape index (κ2) is 14.3. The van der Waals surface area contributed by atoms with E-state index in [4.69, 9.17) is 5.11 Å². The van der Waals surface area contributed by atoms with Crippen molar-refractivity contribution in [2.75, 3.05) is 0 Å². The van der Waals surface area contributed by atoms with Crippen LogP contribution in [0.3, 0.4) is 0 Å². The highest BCUT2D eigenvalue weighted by molar-refractivity contribution is 5.67. The molecular weight excluding hydrogens is 296 g/mol. The van der Waals surface area contributed by atoms with Crippen LogP contribution in [0, 0.1) is 11.8 Å². The molecule has 2 heteroatoms. The van der Waals surface area contributed by atoms with Crippen LogP contribution in [0.1, 0.15) is 98.8 Å². The van der Waals surface area contributed by atoms with Gasteiger partial charge in [0, 0.05) is 0 Å². The molecule has 0 radical (unpaired) electrons. The Labute approximate surface area is 150 Å². The van der Waals surface area contributed by atoms with Crippen LogP contribution in [-0.4, -0.2) is 11.1 Å². The molecule has 0 spiro atoms. The zero-order valence-electron chi connectivity index (χ0n) is 16.7. The van der Waals surface area contributed by atoms with Gasteiger partial charge in [-0.15, -0.1) is 0 Å². The number of hydrogen-bond acceptors (Lipinski definition) is 1. The van der Waals surface area contributed by atoms with Crippen molar-refractivity contribution in [1.29, 1.82) is 0 Å². The molecule has 2 atom stereocenters. The minimum absolute atomic E-state index is 0.112. The SMILES string of the molecule is CCCCCCCCC[C@H](C)/C=C(/C)C/C(C)=C/[C@H](C)CC(=O)O. The van der Waals surface area contributed by atoms with E-state index < -0.39 is 5.97 Å². The Morgan fingerprint density at radius 2 is 1.38 bits per heavy atom. The number of rotatable bonds is 14. The quantitative estimate of drug-likeness (QED) is 0.270. The normalized spacial score (nSPS) is 15.4. The lowest BCUT2D eigenvalue weighted by Crippen LogP contribution is -2.02. The fourth-order valence-corrected chi connectivity index (χ4v) is 3.37. The Balaban J connectivity index is 4.01. The van der Waals surface area contributed by atoms with E-state index in [0.29, 0.717) is 5.92 Å². The van der Waals surface area contributed by atoms with E-state index in [1.807, 2.05) is 6.92 Å². The summed E-state index contributed by atoms with van der Waals surface area (Å²) in [6.07, 6.45) is 16.6. The molecule has 0 aliphatic rings. The summed E-state index contributed by atoms with van der Waals surface area (Å²) in [4.78, 5) is 10.7. The molecule has 0 aromatic carbocycles. The minimum atomic E-state index is -0.720. The smallest absolute Gasteiger partial charge is 0.303 e. The fourth-order valence-electron chi connectivity index (χ4n) is 3.37. The summed E-state index contributed by atoms with van der Waals surface area (Å²) >= 11 is 0. The Kier molecular flexibility index (Phi) is 13.7. The number of aliphatic carboxylic acids is 1. The highest BCUT2D eigenvalue weighted by Crippen LogP contribution is 2.19. The number of unbranched alkanes of at least 4 members (excludes halogenated alkanes) is 6. The lowest BCUT2D eigenvalue weighted by atomic mass is 9.96. The van der Waals surface area contributed by atoms with Crippen LogP contribution in [0.4, 0.5) is 0 Å². The van der Waals surface area contributed by atoms with Gasteiger partial charge >= 0.3 is 5.97 Å². The van der Waals surface area contributed by atoms with E-state index in [0.717, 1.165) is 6.42 Å². The molecule has 0 heterocycles. The number of carbonyl (C=O) groups is 1. The Hall–Kier alpha value is -1.05. The first-order valence-electron chi connectivity index (χ1n) is 9.91. The molecule has 0 saturated carbocycles. The maximum absolute atomic E-state index is 10.7. The third kappa shape index (κ3) is 14.5. The second-order valence-corrected chi connectivity index (χ2v) is 7.67. The molecule has 2 nitrogen and oxygen atoms in total. The standard InChI is InChI=1S/C22H40O2/c1-6-7-8-9-10-11-12-13-18(2)14-19(3)15-20(4)16-21(5)17-22(23)24/h14,16,18,21H,6-13,15,17H2,1-5H3,(H,23,24)/b19-14-,20-16+/t18-,21-/m0/s1. The van der Waals surface area contributed by atoms with Gasteiger partial charge in [-0.05, 0) is 38.5 Å². The number of carboxylic acids is 1. The number of carboxylic acid groups (broad SMARTS) is 1. The first-order chi connectivity index (χ1) is 11.3. The molecule has 140 valence electrons. The molecule has 0 aliphatic heterocycles. The summed E-state index contributed by atoms with van der Waals surface area (Å²) in [5.41, 5.74) is 2.68. The van der Waals surface area contributed by atoms with Crippen molar-refractivity contribution in [3.63, 3.8) is 0 Å². The van der Waals surface area contributed by atoms with Crippen LogP contribution in [0.15, 0.2) is 23.3 Å². The predicted molar refractivity (Wildman–Crippen MR) is 105 cm³/mol. The van der Waals surface area contributed by atoms with E-state index >= 15 is 0 Å². The molecule has 0 aromatic heterocycles. The topological polar surface area (TPSA) is 37.3 Å². The molecule has 0 saturated heterocycles. The molecule has 24 heavy (non-hydrogen) atoms. The van der Waals surface area contributed by atoms with Gasteiger partial charge < -0.3 is 5.11 Å². The van der Waals surface area contributed by atoms with Crippen LogP contribution in [0.5, 0.6) is 0 Å². The van der Waals surface area contributed by atoms with Crippen LogP contribution in [0.2, 0.25) is 0 Å². The predicted octanol–water partition coefficient (Wildman–Crippen LogP) is 7.16. The van der Waals surface area contributed by atoms with Crippen LogP contribution in [-0.2, 0) is 4.79 Å². The average Bonchev–Trinajstić information content (AvgIpc) is 2.44. The molecule has 0 aromatic rings. The van der Waals surface area contributed by atoms with Crippen molar-refractivity contribution < 1.29 is 9.90 Å². The van der Waals surface area contributed by atoms with Gasteiger partial charge in [0.05, 0.1) is 6.42 Å². The first kappa shape index (κ1) is 22.9. The summed E-state index contributed by atoms with van der Waals surface area (Å²) < 4.78 is 0. The third-order valence-corrected chi connectivity index (χ3v) is 4.46. The van der Waals surface area contributed by atoms with Gasteiger partial charge in [0.2, 0.25) is 0 Å². The van der Waals surface area contributed by atoms with Gasteiger partial charge in [-0.3, -0.25) is 4.79 Å². The van der Waals surface area contributed by atoms with Gasteiger partial charge in [0.1, 0.15) is 0 Å². The number of hydrogen-bond donors (Lipinski definition) is 1. The van der Waals surface area contributed by atoms with Crippen molar-refractivity contribution in [2.24, 2.45) is 11.8 Å². The molecule has 0 amide bonds. The molecule has 0 aliphatic carbocycles. The van der Waals surface area contributed by atoms with Crippen molar-refractivity contribution in [3.8, 4) is 0 Å². The van der Waals surface area contributed by atoms with Crippen molar-refractivity contribution in [2.45, 2.75) is 98.8 Å². The van der Waals surface area contributed by atoms with Crippen molar-refractivity contribution in [1.82, 2.24) is 0 Å². The molecule has 0 fully saturated rings. The zero-order valence-corrected chi connectivity index (χ0v) is 16.7. The summed E-state index contributed by atoms with van der Waals surface area (Å²) in [7, 11) is 0. The Morgan fingerprint density at radius 3 is 1.92 bits per heavy atom. The number of allylic oxidation sites excluding steroid dienone is 4. The van der Waals surface area contributed by atoms with Gasteiger partial charge in [0.15, 0.2) is 0 Å². The average molecular weight is 337 g/mol. The first-order valence-corrected chi connectivity index (χ1v) is 9.91. The van der Waals surface area contributed by atoms with Gasteiger partial charge in [-0.2, -0.15) is 0 Å².